The van der Waals surface area contributed by atoms with Crippen molar-refractivity contribution in [3.63, 3.8) is 0 Å². The number of hydrogen-bond donors (Lipinski definition) is 2. The molecule has 1 aromatic carbocycles. The lowest BCUT2D eigenvalue weighted by Gasteiger charge is -2.34. The summed E-state index contributed by atoms with van der Waals surface area (Å²) in [5, 5.41) is 4.30. The van der Waals surface area contributed by atoms with Crippen LogP contribution in [0.5, 0.6) is 0 Å². The van der Waals surface area contributed by atoms with Crippen molar-refractivity contribution in [2.24, 2.45) is 5.73 Å². The van der Waals surface area contributed by atoms with Gasteiger partial charge in [-0.3, -0.25) is 0 Å². The molecule has 0 aliphatic heterocycles. The van der Waals surface area contributed by atoms with Gasteiger partial charge < -0.3 is 11.1 Å². The van der Waals surface area contributed by atoms with Gasteiger partial charge in [-0.2, -0.15) is 0 Å². The van der Waals surface area contributed by atoms with Gasteiger partial charge in [-0.15, -0.1) is 0 Å². The fraction of sp³-hybridized carbons (Fsp3) is 0.571. The second-order valence-electron chi connectivity index (χ2n) is 4.55. The Kier molecular flexibility index (Phi) is 5.79. The molecule has 0 aromatic heterocycles. The van der Waals surface area contributed by atoms with Gasteiger partial charge >= 0.3 is 0 Å². The Hall–Kier alpha value is -0.730. The minimum absolute atomic E-state index is 0.0268. The maximum Gasteiger partial charge on any atom is 0.0637 e. The van der Waals surface area contributed by atoms with E-state index in [1.165, 1.54) is 12.8 Å². The SMILES string of the molecule is CCCCC(CC)(CN)Nc1ccccc1Cl. The number of rotatable bonds is 7. The number of hydrogen-bond acceptors (Lipinski definition) is 2. The van der Waals surface area contributed by atoms with Crippen LogP contribution >= 0.6 is 11.6 Å². The number of para-hydroxylation sites is 1. The molecule has 0 spiro atoms. The van der Waals surface area contributed by atoms with Crippen LogP contribution in [0.4, 0.5) is 5.69 Å². The maximum atomic E-state index is 6.17. The van der Waals surface area contributed by atoms with E-state index >= 15 is 0 Å². The highest BCUT2D eigenvalue weighted by Crippen LogP contribution is 2.28. The molecular weight excluding hydrogens is 232 g/mol. The quantitative estimate of drug-likeness (QED) is 0.770. The van der Waals surface area contributed by atoms with Gasteiger partial charge in [-0.25, -0.2) is 0 Å². The average molecular weight is 255 g/mol. The molecule has 0 bridgehead atoms. The number of nitrogens with one attached hydrogen (secondary N) is 1. The zero-order valence-corrected chi connectivity index (χ0v) is 11.6. The van der Waals surface area contributed by atoms with Crippen LogP contribution in [0.1, 0.15) is 39.5 Å². The molecule has 1 atom stereocenters. The lowest BCUT2D eigenvalue weighted by Crippen LogP contribution is -2.45. The summed E-state index contributed by atoms with van der Waals surface area (Å²) in [5.74, 6) is 0. The third-order valence-electron chi connectivity index (χ3n) is 3.35. The van der Waals surface area contributed by atoms with Crippen molar-refractivity contribution in [2.45, 2.75) is 45.1 Å². The van der Waals surface area contributed by atoms with Gasteiger partial charge in [0.15, 0.2) is 0 Å². The fourth-order valence-corrected chi connectivity index (χ4v) is 2.17. The van der Waals surface area contributed by atoms with Gasteiger partial charge in [-0.1, -0.05) is 50.4 Å². The summed E-state index contributed by atoms with van der Waals surface area (Å²) in [5.41, 5.74) is 6.91. The fourth-order valence-electron chi connectivity index (χ4n) is 1.99. The maximum absolute atomic E-state index is 6.17. The van der Waals surface area contributed by atoms with Crippen LogP contribution in [0.25, 0.3) is 0 Å². The molecule has 0 saturated carbocycles. The number of halogens is 1. The molecule has 3 heteroatoms. The van der Waals surface area contributed by atoms with Gasteiger partial charge in [0.25, 0.3) is 0 Å². The Morgan fingerprint density at radius 1 is 1.29 bits per heavy atom. The third-order valence-corrected chi connectivity index (χ3v) is 3.68. The topological polar surface area (TPSA) is 38.0 Å². The highest BCUT2D eigenvalue weighted by molar-refractivity contribution is 6.33. The lowest BCUT2D eigenvalue weighted by molar-refractivity contribution is 0.411. The molecule has 0 radical (unpaired) electrons. The van der Waals surface area contributed by atoms with E-state index in [-0.39, 0.29) is 5.54 Å². The van der Waals surface area contributed by atoms with E-state index in [0.717, 1.165) is 23.6 Å². The van der Waals surface area contributed by atoms with Crippen molar-refractivity contribution in [1.82, 2.24) is 0 Å². The van der Waals surface area contributed by atoms with Crippen molar-refractivity contribution in [1.29, 1.82) is 0 Å². The lowest BCUT2D eigenvalue weighted by atomic mass is 9.89. The summed E-state index contributed by atoms with van der Waals surface area (Å²) < 4.78 is 0. The summed E-state index contributed by atoms with van der Waals surface area (Å²) in [6.07, 6.45) is 4.46. The first-order valence-electron chi connectivity index (χ1n) is 6.40. The summed E-state index contributed by atoms with van der Waals surface area (Å²) in [6, 6.07) is 7.84. The molecule has 1 aromatic rings. The van der Waals surface area contributed by atoms with Crippen molar-refractivity contribution >= 4 is 17.3 Å². The van der Waals surface area contributed by atoms with Crippen LogP contribution in [0.2, 0.25) is 5.02 Å². The Morgan fingerprint density at radius 2 is 2.00 bits per heavy atom. The normalized spacial score (nSPS) is 14.4. The second-order valence-corrected chi connectivity index (χ2v) is 4.95. The highest BCUT2D eigenvalue weighted by Gasteiger charge is 2.26. The monoisotopic (exact) mass is 254 g/mol. The first-order valence-corrected chi connectivity index (χ1v) is 6.78. The molecular formula is C14H23ClN2. The zero-order valence-electron chi connectivity index (χ0n) is 10.8. The van der Waals surface area contributed by atoms with Crippen LogP contribution in [-0.2, 0) is 0 Å². The van der Waals surface area contributed by atoms with Gasteiger partial charge in [-0.05, 0) is 25.0 Å². The first-order chi connectivity index (χ1) is 8.17. The van der Waals surface area contributed by atoms with E-state index in [9.17, 15) is 0 Å². The number of unbranched alkanes of at least 4 members (excludes halogenated alkanes) is 1. The average Bonchev–Trinajstić information content (AvgIpc) is 2.37. The van der Waals surface area contributed by atoms with Crippen LogP contribution < -0.4 is 11.1 Å². The molecule has 1 unspecified atom stereocenters. The Labute approximate surface area is 110 Å². The van der Waals surface area contributed by atoms with Crippen LogP contribution in [-0.4, -0.2) is 12.1 Å². The summed E-state index contributed by atoms with van der Waals surface area (Å²) in [6.45, 7) is 5.01. The largest absolute Gasteiger partial charge is 0.377 e. The van der Waals surface area contributed by atoms with Gasteiger partial charge in [0.05, 0.1) is 10.7 Å². The van der Waals surface area contributed by atoms with Gasteiger partial charge in [0.2, 0.25) is 0 Å². The summed E-state index contributed by atoms with van der Waals surface area (Å²) in [4.78, 5) is 0. The molecule has 0 heterocycles. The predicted molar refractivity (Wildman–Crippen MR) is 76.7 cm³/mol. The van der Waals surface area contributed by atoms with Gasteiger partial charge in [0, 0.05) is 12.1 Å². The molecule has 17 heavy (non-hydrogen) atoms. The highest BCUT2D eigenvalue weighted by atomic mass is 35.5. The number of nitrogens with two attached hydrogens (primary N) is 1. The van der Waals surface area contributed by atoms with Crippen LogP contribution in [0.3, 0.4) is 0 Å². The van der Waals surface area contributed by atoms with Crippen molar-refractivity contribution in [3.05, 3.63) is 29.3 Å². The van der Waals surface area contributed by atoms with Gasteiger partial charge in [0.1, 0.15) is 0 Å². The van der Waals surface area contributed by atoms with E-state index < -0.39 is 0 Å². The standard InChI is InChI=1S/C14H23ClN2/c1-3-5-10-14(4-2,11-16)17-13-9-7-6-8-12(13)15/h6-9,17H,3-5,10-11,16H2,1-2H3. The van der Waals surface area contributed by atoms with Crippen LogP contribution in [0, 0.1) is 0 Å². The Bertz CT molecular complexity index is 335. The number of benzene rings is 1. The second kappa shape index (κ2) is 6.87. The van der Waals surface area contributed by atoms with E-state index in [4.69, 9.17) is 17.3 Å². The summed E-state index contributed by atoms with van der Waals surface area (Å²) >= 11 is 6.17. The Morgan fingerprint density at radius 3 is 2.53 bits per heavy atom. The smallest absolute Gasteiger partial charge is 0.0637 e. The predicted octanol–water partition coefficient (Wildman–Crippen LogP) is 4.05. The minimum Gasteiger partial charge on any atom is -0.377 e. The first kappa shape index (κ1) is 14.3. The van der Waals surface area contributed by atoms with Crippen LogP contribution in [0.15, 0.2) is 24.3 Å². The van der Waals surface area contributed by atoms with Crippen molar-refractivity contribution < 1.29 is 0 Å². The molecule has 0 aliphatic rings. The van der Waals surface area contributed by atoms with E-state index in [0.29, 0.717) is 6.54 Å². The molecule has 0 fully saturated rings. The molecule has 0 saturated heterocycles. The van der Waals surface area contributed by atoms with E-state index in [2.05, 4.69) is 19.2 Å². The molecule has 0 aliphatic carbocycles. The minimum atomic E-state index is -0.0268. The zero-order chi connectivity index (χ0) is 12.7. The molecule has 1 rings (SSSR count). The Balaban J connectivity index is 2.82. The van der Waals surface area contributed by atoms with Crippen molar-refractivity contribution in [3.8, 4) is 0 Å². The molecule has 3 N–H and O–H groups in total. The third kappa shape index (κ3) is 3.90. The van der Waals surface area contributed by atoms with E-state index in [1.807, 2.05) is 24.3 Å². The summed E-state index contributed by atoms with van der Waals surface area (Å²) in [7, 11) is 0. The van der Waals surface area contributed by atoms with E-state index in [1.54, 1.807) is 0 Å². The number of anilines is 1. The molecule has 0 amide bonds. The molecule has 96 valence electrons. The molecule has 2 nitrogen and oxygen atoms in total. The van der Waals surface area contributed by atoms with Crippen molar-refractivity contribution in [2.75, 3.05) is 11.9 Å².